The van der Waals surface area contributed by atoms with Crippen molar-refractivity contribution in [2.75, 3.05) is 14.2 Å². The van der Waals surface area contributed by atoms with E-state index in [1.165, 1.54) is 4.57 Å². The fourth-order valence-electron chi connectivity index (χ4n) is 2.95. The summed E-state index contributed by atoms with van der Waals surface area (Å²) in [5, 5.41) is 1.31. The summed E-state index contributed by atoms with van der Waals surface area (Å²) in [5.41, 5.74) is 2.23. The number of carbonyl (C=O) groups excluding carboxylic acids is 1. The van der Waals surface area contributed by atoms with Crippen LogP contribution in [-0.4, -0.2) is 30.1 Å². The number of hydrogen-bond acceptors (Lipinski definition) is 5. The van der Waals surface area contributed by atoms with Gasteiger partial charge in [-0.25, -0.2) is 0 Å². The molecule has 25 heavy (non-hydrogen) atoms. The van der Waals surface area contributed by atoms with Crippen molar-refractivity contribution in [2.24, 2.45) is 7.05 Å². The van der Waals surface area contributed by atoms with E-state index in [0.29, 0.717) is 16.9 Å². The maximum Gasteiger partial charge on any atom is 0.259 e. The van der Waals surface area contributed by atoms with Crippen LogP contribution < -0.4 is 15.0 Å². The molecule has 3 rings (SSSR count). The first-order valence-electron chi connectivity index (χ1n) is 7.73. The molecule has 0 bridgehead atoms. The van der Waals surface area contributed by atoms with Crippen LogP contribution in [0.1, 0.15) is 5.56 Å². The number of methoxy groups -OCH3 is 2. The van der Waals surface area contributed by atoms with E-state index in [-0.39, 0.29) is 12.0 Å². The van der Waals surface area contributed by atoms with Crippen LogP contribution in [0.4, 0.5) is 0 Å². The fourth-order valence-corrected chi connectivity index (χ4v) is 2.95. The molecule has 0 atom stereocenters. The number of pyridine rings is 2. The zero-order valence-corrected chi connectivity index (χ0v) is 14.3. The van der Waals surface area contributed by atoms with E-state index >= 15 is 0 Å². The molecule has 0 amide bonds. The normalized spacial score (nSPS) is 10.7. The van der Waals surface area contributed by atoms with Crippen molar-refractivity contribution in [2.45, 2.75) is 6.42 Å². The van der Waals surface area contributed by atoms with Crippen LogP contribution in [0.2, 0.25) is 0 Å². The van der Waals surface area contributed by atoms with Gasteiger partial charge in [0.2, 0.25) is 0 Å². The topological polar surface area (TPSA) is 70.4 Å². The summed E-state index contributed by atoms with van der Waals surface area (Å²) in [6.45, 7) is 0. The van der Waals surface area contributed by atoms with Gasteiger partial charge in [-0.3, -0.25) is 9.78 Å². The van der Waals surface area contributed by atoms with E-state index in [2.05, 4.69) is 4.98 Å². The third kappa shape index (κ3) is 2.87. The molecule has 0 aliphatic carbocycles. The van der Waals surface area contributed by atoms with E-state index in [1.807, 2.05) is 6.07 Å². The Morgan fingerprint density at radius 1 is 1.12 bits per heavy atom. The summed E-state index contributed by atoms with van der Waals surface area (Å²) in [7, 11) is 4.83. The molecule has 0 radical (unpaired) electrons. The lowest BCUT2D eigenvalue weighted by Crippen LogP contribution is -2.16. The Kier molecular flexibility index (Phi) is 4.52. The number of aldehydes is 1. The molecule has 2 heterocycles. The van der Waals surface area contributed by atoms with E-state index in [9.17, 15) is 9.59 Å². The molecule has 2 aromatic heterocycles. The summed E-state index contributed by atoms with van der Waals surface area (Å²) in [4.78, 5) is 27.3. The number of hydrogen-bond donors (Lipinski definition) is 0. The van der Waals surface area contributed by atoms with Gasteiger partial charge >= 0.3 is 0 Å². The van der Waals surface area contributed by atoms with Crippen LogP contribution in [-0.2, 0) is 18.3 Å². The molecule has 0 aliphatic rings. The van der Waals surface area contributed by atoms with Gasteiger partial charge in [-0.1, -0.05) is 0 Å². The zero-order valence-electron chi connectivity index (χ0n) is 14.3. The minimum Gasteiger partial charge on any atom is -0.496 e. The lowest BCUT2D eigenvalue weighted by Gasteiger charge is -2.16. The summed E-state index contributed by atoms with van der Waals surface area (Å²) in [5.74, 6) is 1.20. The van der Waals surface area contributed by atoms with Crippen LogP contribution in [0.5, 0.6) is 11.5 Å². The minimum absolute atomic E-state index is 0.115. The van der Waals surface area contributed by atoms with Crippen LogP contribution >= 0.6 is 0 Å². The van der Waals surface area contributed by atoms with Crippen molar-refractivity contribution < 1.29 is 14.3 Å². The molecule has 0 fully saturated rings. The first kappa shape index (κ1) is 16.7. The molecule has 128 valence electrons. The number of aromatic nitrogens is 2. The molecule has 1 aromatic carbocycles. The summed E-state index contributed by atoms with van der Waals surface area (Å²) in [6, 6.07) is 5.43. The van der Waals surface area contributed by atoms with E-state index < -0.39 is 0 Å². The van der Waals surface area contributed by atoms with Crippen molar-refractivity contribution in [1.29, 1.82) is 0 Å². The molecule has 0 unspecified atom stereocenters. The second-order valence-corrected chi connectivity index (χ2v) is 5.62. The molecule has 6 heteroatoms. The van der Waals surface area contributed by atoms with Gasteiger partial charge in [-0.15, -0.1) is 0 Å². The van der Waals surface area contributed by atoms with Gasteiger partial charge in [0.25, 0.3) is 5.56 Å². The fraction of sp³-hybridized carbons (Fsp3) is 0.211. The highest BCUT2D eigenvalue weighted by Crippen LogP contribution is 2.38. The van der Waals surface area contributed by atoms with Crippen molar-refractivity contribution >= 4 is 17.1 Å². The van der Waals surface area contributed by atoms with Gasteiger partial charge < -0.3 is 18.8 Å². The summed E-state index contributed by atoms with van der Waals surface area (Å²) < 4.78 is 12.5. The highest BCUT2D eigenvalue weighted by atomic mass is 16.5. The third-order valence-corrected chi connectivity index (χ3v) is 4.18. The number of ether oxygens (including phenoxy) is 2. The lowest BCUT2D eigenvalue weighted by molar-refractivity contribution is -0.107. The molecule has 0 saturated carbocycles. The molecule has 0 aliphatic heterocycles. The highest BCUT2D eigenvalue weighted by molar-refractivity contribution is 5.97. The third-order valence-electron chi connectivity index (χ3n) is 4.18. The molecule has 0 N–H and O–H groups in total. The second-order valence-electron chi connectivity index (χ2n) is 5.62. The Labute approximate surface area is 144 Å². The molecule has 0 saturated heterocycles. The maximum absolute atomic E-state index is 12.4. The van der Waals surface area contributed by atoms with Gasteiger partial charge in [-0.05, 0) is 23.6 Å². The number of carbonyl (C=O) groups is 1. The van der Waals surface area contributed by atoms with E-state index in [0.717, 1.165) is 28.4 Å². The van der Waals surface area contributed by atoms with E-state index in [1.54, 1.807) is 52.0 Å². The molecular weight excluding hydrogens is 320 g/mol. The summed E-state index contributed by atoms with van der Waals surface area (Å²) >= 11 is 0. The number of fused-ring (bicyclic) bond motifs is 1. The Hall–Kier alpha value is -3.15. The zero-order chi connectivity index (χ0) is 18.0. The van der Waals surface area contributed by atoms with Crippen LogP contribution in [0, 0.1) is 0 Å². The van der Waals surface area contributed by atoms with Crippen molar-refractivity contribution in [3.05, 3.63) is 52.7 Å². The first-order chi connectivity index (χ1) is 12.1. The van der Waals surface area contributed by atoms with Gasteiger partial charge in [0.05, 0.1) is 19.6 Å². The van der Waals surface area contributed by atoms with Gasteiger partial charge in [0.15, 0.2) is 0 Å². The van der Waals surface area contributed by atoms with Crippen molar-refractivity contribution in [3.8, 4) is 22.6 Å². The molecular formula is C19H18N2O4. The highest BCUT2D eigenvalue weighted by Gasteiger charge is 2.16. The number of aryl methyl sites for hydroxylation is 1. The van der Waals surface area contributed by atoms with Gasteiger partial charge in [0, 0.05) is 48.7 Å². The largest absolute Gasteiger partial charge is 0.496 e. The van der Waals surface area contributed by atoms with E-state index in [4.69, 9.17) is 9.47 Å². The van der Waals surface area contributed by atoms with Crippen molar-refractivity contribution in [1.82, 2.24) is 9.55 Å². The van der Waals surface area contributed by atoms with Crippen LogP contribution in [0.15, 0.2) is 41.6 Å². The van der Waals surface area contributed by atoms with Gasteiger partial charge in [0.1, 0.15) is 17.8 Å². The van der Waals surface area contributed by atoms with Gasteiger partial charge in [-0.2, -0.15) is 0 Å². The molecule has 6 nitrogen and oxygen atoms in total. The van der Waals surface area contributed by atoms with Crippen LogP contribution in [0.3, 0.4) is 0 Å². The Bertz CT molecular complexity index is 1010. The minimum atomic E-state index is -0.115. The molecule has 0 spiro atoms. The average molecular weight is 338 g/mol. The van der Waals surface area contributed by atoms with Crippen LogP contribution in [0.25, 0.3) is 21.9 Å². The Balaban J connectivity index is 2.37. The number of nitrogens with zero attached hydrogens (tertiary/aromatic N) is 2. The Morgan fingerprint density at radius 2 is 1.88 bits per heavy atom. The summed E-state index contributed by atoms with van der Waals surface area (Å²) in [6.07, 6.45) is 6.03. The monoisotopic (exact) mass is 338 g/mol. The lowest BCUT2D eigenvalue weighted by atomic mass is 9.98. The Morgan fingerprint density at radius 3 is 2.56 bits per heavy atom. The smallest absolute Gasteiger partial charge is 0.259 e. The predicted molar refractivity (Wildman–Crippen MR) is 95.3 cm³/mol. The number of rotatable bonds is 5. The maximum atomic E-state index is 12.4. The number of benzene rings is 1. The standard InChI is InChI=1S/C19H18N2O4/c1-21-11-16(13-4-6-20-10-15(13)19(21)23)14-9-17(24-2)12(5-7-22)8-18(14)25-3/h4,6-11H,5H2,1-3H3. The average Bonchev–Trinajstić information content (AvgIpc) is 2.64. The molecule has 3 aromatic rings. The second kappa shape index (κ2) is 6.76. The quantitative estimate of drug-likeness (QED) is 0.668. The first-order valence-corrected chi connectivity index (χ1v) is 7.73. The predicted octanol–water partition coefficient (Wildman–Crippen LogP) is 2.36. The van der Waals surface area contributed by atoms with Crippen molar-refractivity contribution in [3.63, 3.8) is 0 Å². The SMILES string of the molecule is COc1cc(-c2cn(C)c(=O)c3cnccc23)c(OC)cc1CC=O.